The van der Waals surface area contributed by atoms with Crippen LogP contribution in [0.5, 0.6) is 5.75 Å². The zero-order chi connectivity index (χ0) is 25.9. The Morgan fingerprint density at radius 3 is 2.43 bits per heavy atom. The lowest BCUT2D eigenvalue weighted by Crippen LogP contribution is -2.37. The van der Waals surface area contributed by atoms with Crippen molar-refractivity contribution in [2.75, 3.05) is 0 Å². The second-order valence-corrected chi connectivity index (χ2v) is 9.47. The van der Waals surface area contributed by atoms with Gasteiger partial charge in [-0.1, -0.05) is 47.7 Å². The Hall–Kier alpha value is -4.33. The number of Topliss-reactive ketones (excluding diaryl/α,β-unsaturated/α-hetero) is 1. The molecule has 0 bridgehead atoms. The molecule has 188 valence electrons. The van der Waals surface area contributed by atoms with E-state index in [9.17, 15) is 19.5 Å². The van der Waals surface area contributed by atoms with Crippen molar-refractivity contribution in [2.45, 2.75) is 32.4 Å². The molecule has 8 nitrogen and oxygen atoms in total. The summed E-state index contributed by atoms with van der Waals surface area (Å²) in [7, 11) is 0. The summed E-state index contributed by atoms with van der Waals surface area (Å²) in [6, 6.07) is 23.0. The number of carbonyl (C=O) groups is 2. The molecule has 1 N–H and O–H groups in total. The van der Waals surface area contributed by atoms with Gasteiger partial charge in [0.1, 0.15) is 17.9 Å². The van der Waals surface area contributed by atoms with Crippen molar-refractivity contribution in [2.24, 2.45) is 17.8 Å². The van der Waals surface area contributed by atoms with E-state index >= 15 is 0 Å². The molecule has 1 aromatic heterocycles. The van der Waals surface area contributed by atoms with Crippen LogP contribution in [0.15, 0.2) is 83.7 Å². The number of carboxylic acid groups (broad SMARTS) is 1. The molecule has 3 aromatic carbocycles. The second-order valence-electron chi connectivity index (χ2n) is 9.47. The number of rotatable bonds is 8. The summed E-state index contributed by atoms with van der Waals surface area (Å²) in [5.74, 6) is -2.69. The van der Waals surface area contributed by atoms with E-state index in [-0.39, 0.29) is 11.3 Å². The van der Waals surface area contributed by atoms with Crippen LogP contribution >= 0.6 is 0 Å². The summed E-state index contributed by atoms with van der Waals surface area (Å²) in [6.07, 6.45) is 0.917. The van der Waals surface area contributed by atoms with Crippen LogP contribution in [0, 0.1) is 17.8 Å². The van der Waals surface area contributed by atoms with E-state index in [1.807, 2.05) is 30.3 Å². The molecule has 4 unspecified atom stereocenters. The van der Waals surface area contributed by atoms with Crippen molar-refractivity contribution in [3.8, 4) is 5.75 Å². The molecule has 0 amide bonds. The summed E-state index contributed by atoms with van der Waals surface area (Å²) >= 11 is 0. The van der Waals surface area contributed by atoms with Crippen LogP contribution in [-0.2, 0) is 11.4 Å². The highest BCUT2D eigenvalue weighted by Gasteiger charge is 2.47. The normalized spacial score (nSPS) is 20.0. The average molecular weight is 498 g/mol. The number of nitrogens with zero attached hydrogens (tertiary/aromatic N) is 3. The van der Waals surface area contributed by atoms with Gasteiger partial charge in [-0.2, -0.15) is 0 Å². The highest BCUT2D eigenvalue weighted by Crippen LogP contribution is 2.44. The molecular formula is C29H27N3O5. The fraction of sp³-hybridized carbons (Fsp3) is 0.276. The average Bonchev–Trinajstić information content (AvgIpc) is 3.38. The van der Waals surface area contributed by atoms with Crippen molar-refractivity contribution in [3.05, 3.63) is 100 Å². The first-order chi connectivity index (χ1) is 17.9. The third-order valence-corrected chi connectivity index (χ3v) is 7.31. The summed E-state index contributed by atoms with van der Waals surface area (Å²) < 4.78 is 7.06. The number of benzene rings is 3. The molecule has 5 rings (SSSR count). The molecule has 0 aliphatic heterocycles. The molecule has 1 aliphatic rings. The lowest BCUT2D eigenvalue weighted by Gasteiger charge is -2.26. The van der Waals surface area contributed by atoms with Crippen LogP contribution in [0.4, 0.5) is 0 Å². The summed E-state index contributed by atoms with van der Waals surface area (Å²) in [5.41, 5.74) is 1.65. The van der Waals surface area contributed by atoms with Crippen LogP contribution in [0.2, 0.25) is 0 Å². The fourth-order valence-electron chi connectivity index (χ4n) is 5.34. The second kappa shape index (κ2) is 10.3. The first-order valence-corrected chi connectivity index (χ1v) is 12.3. The first-order valence-electron chi connectivity index (χ1n) is 12.3. The van der Waals surface area contributed by atoms with Crippen molar-refractivity contribution in [1.29, 1.82) is 0 Å². The fourth-order valence-corrected chi connectivity index (χ4v) is 5.34. The van der Waals surface area contributed by atoms with Crippen LogP contribution in [0.1, 0.15) is 41.7 Å². The maximum atomic E-state index is 13.4. The van der Waals surface area contributed by atoms with E-state index in [1.54, 1.807) is 55.5 Å². The molecule has 1 fully saturated rings. The molecule has 0 radical (unpaired) electrons. The van der Waals surface area contributed by atoms with E-state index < -0.39 is 29.8 Å². The third kappa shape index (κ3) is 4.87. The number of carboxylic acids is 1. The van der Waals surface area contributed by atoms with E-state index in [2.05, 4.69) is 10.3 Å². The van der Waals surface area contributed by atoms with Gasteiger partial charge in [-0.25, -0.2) is 4.68 Å². The Labute approximate surface area is 213 Å². The number of ether oxygens (including phenoxy) is 1. The molecule has 4 aromatic rings. The van der Waals surface area contributed by atoms with Crippen molar-refractivity contribution in [3.63, 3.8) is 0 Å². The lowest BCUT2D eigenvalue weighted by molar-refractivity contribution is -0.144. The van der Waals surface area contributed by atoms with Gasteiger partial charge in [0.05, 0.1) is 17.3 Å². The molecular weight excluding hydrogens is 470 g/mol. The molecule has 0 spiro atoms. The molecule has 4 atom stereocenters. The zero-order valence-corrected chi connectivity index (χ0v) is 20.4. The van der Waals surface area contributed by atoms with Gasteiger partial charge in [0.25, 0.3) is 5.56 Å². The SMILES string of the molecule is CC(C1CCC(C(=O)c2ccc(OCc3ccccc3)cc2)C1C(=O)O)n1nnc2ccccc2c1=O. The quantitative estimate of drug-likeness (QED) is 0.356. The Balaban J connectivity index is 1.33. The molecule has 37 heavy (non-hydrogen) atoms. The minimum atomic E-state index is -1.04. The highest BCUT2D eigenvalue weighted by molar-refractivity contribution is 6.00. The van der Waals surface area contributed by atoms with Crippen molar-refractivity contribution in [1.82, 2.24) is 15.0 Å². The smallest absolute Gasteiger partial charge is 0.307 e. The number of hydrogen-bond donors (Lipinski definition) is 1. The zero-order valence-electron chi connectivity index (χ0n) is 20.4. The molecule has 0 saturated heterocycles. The minimum Gasteiger partial charge on any atom is -0.489 e. The van der Waals surface area contributed by atoms with E-state index in [0.717, 1.165) is 5.56 Å². The summed E-state index contributed by atoms with van der Waals surface area (Å²) in [6.45, 7) is 2.19. The monoisotopic (exact) mass is 497 g/mol. The Morgan fingerprint density at radius 2 is 1.70 bits per heavy atom. The molecule has 1 heterocycles. The van der Waals surface area contributed by atoms with Gasteiger partial charge in [0.2, 0.25) is 0 Å². The number of hydrogen-bond acceptors (Lipinski definition) is 6. The van der Waals surface area contributed by atoms with Gasteiger partial charge < -0.3 is 9.84 Å². The predicted molar refractivity (Wildman–Crippen MR) is 137 cm³/mol. The Bertz CT molecular complexity index is 1480. The topological polar surface area (TPSA) is 111 Å². The van der Waals surface area contributed by atoms with Gasteiger partial charge in [-0.15, -0.1) is 5.10 Å². The Kier molecular flexibility index (Phi) is 6.81. The van der Waals surface area contributed by atoms with Crippen molar-refractivity contribution >= 4 is 22.7 Å². The van der Waals surface area contributed by atoms with E-state index in [4.69, 9.17) is 4.74 Å². The van der Waals surface area contributed by atoms with Crippen LogP contribution in [-0.4, -0.2) is 31.9 Å². The van der Waals surface area contributed by atoms with Gasteiger partial charge in [0, 0.05) is 11.5 Å². The largest absolute Gasteiger partial charge is 0.489 e. The van der Waals surface area contributed by atoms with Crippen LogP contribution in [0.3, 0.4) is 0 Å². The Morgan fingerprint density at radius 1 is 1.00 bits per heavy atom. The maximum absolute atomic E-state index is 13.4. The minimum absolute atomic E-state index is 0.214. The van der Waals surface area contributed by atoms with Crippen LogP contribution < -0.4 is 10.3 Å². The molecule has 1 aliphatic carbocycles. The van der Waals surface area contributed by atoms with Crippen LogP contribution in [0.25, 0.3) is 10.9 Å². The van der Waals surface area contributed by atoms with Gasteiger partial charge >= 0.3 is 5.97 Å². The number of fused-ring (bicyclic) bond motifs is 1. The highest BCUT2D eigenvalue weighted by atomic mass is 16.5. The lowest BCUT2D eigenvalue weighted by atomic mass is 9.82. The third-order valence-electron chi connectivity index (χ3n) is 7.31. The number of aromatic nitrogens is 3. The number of carbonyl (C=O) groups excluding carboxylic acids is 1. The van der Waals surface area contributed by atoms with Gasteiger partial charge in [-0.05, 0) is 67.6 Å². The van der Waals surface area contributed by atoms with E-state index in [1.165, 1.54) is 4.68 Å². The standard InChI is InChI=1S/C29H27N3O5/c1-18(32-28(34)23-9-5-6-10-25(23)30-31-32)22-15-16-24(26(22)29(35)36)27(33)20-11-13-21(14-12-20)37-17-19-7-3-2-4-8-19/h2-14,18,22,24,26H,15-17H2,1H3,(H,35,36). The maximum Gasteiger partial charge on any atom is 0.307 e. The summed E-state index contributed by atoms with van der Waals surface area (Å²) in [5, 5.41) is 18.8. The number of ketones is 1. The van der Waals surface area contributed by atoms with Crippen molar-refractivity contribution < 1.29 is 19.4 Å². The number of aliphatic carboxylic acids is 1. The van der Waals surface area contributed by atoms with E-state index in [0.29, 0.717) is 41.7 Å². The summed E-state index contributed by atoms with van der Waals surface area (Å²) in [4.78, 5) is 38.8. The van der Waals surface area contributed by atoms with Gasteiger partial charge in [-0.3, -0.25) is 14.4 Å². The predicted octanol–water partition coefficient (Wildman–Crippen LogP) is 4.54. The van der Waals surface area contributed by atoms with Gasteiger partial charge in [0.15, 0.2) is 5.78 Å². The molecule has 8 heteroatoms. The molecule has 1 saturated carbocycles. The first kappa shape index (κ1) is 24.4.